The van der Waals surface area contributed by atoms with Gasteiger partial charge in [-0.2, -0.15) is 0 Å². The molecule has 1 amide bonds. The maximum Gasteiger partial charge on any atom is 0.276 e. The van der Waals surface area contributed by atoms with Gasteiger partial charge in [-0.25, -0.2) is 0 Å². The van der Waals surface area contributed by atoms with Crippen LogP contribution in [0.3, 0.4) is 0 Å². The molecule has 3 heterocycles. The van der Waals surface area contributed by atoms with Gasteiger partial charge < -0.3 is 19.3 Å². The first kappa shape index (κ1) is 11.3. The van der Waals surface area contributed by atoms with Gasteiger partial charge in [-0.3, -0.25) is 9.59 Å². The van der Waals surface area contributed by atoms with Crippen molar-refractivity contribution in [1.29, 1.82) is 0 Å². The average molecular weight is 250 g/mol. The number of hydrogen-bond acceptors (Lipinski definition) is 4. The Bertz CT molecular complexity index is 592. The molecule has 2 atom stereocenters. The van der Waals surface area contributed by atoms with E-state index in [4.69, 9.17) is 4.74 Å². The van der Waals surface area contributed by atoms with E-state index >= 15 is 0 Å². The van der Waals surface area contributed by atoms with Crippen molar-refractivity contribution in [1.82, 2.24) is 9.47 Å². The van der Waals surface area contributed by atoms with Gasteiger partial charge in [0, 0.05) is 11.8 Å². The van der Waals surface area contributed by atoms with Gasteiger partial charge in [0.1, 0.15) is 0 Å². The van der Waals surface area contributed by atoms with Gasteiger partial charge in [-0.05, 0) is 13.8 Å². The first-order valence-corrected chi connectivity index (χ1v) is 5.88. The predicted molar refractivity (Wildman–Crippen MR) is 62.5 cm³/mol. The Balaban J connectivity index is 2.20. The molecule has 96 valence electrons. The van der Waals surface area contributed by atoms with Crippen LogP contribution in [0.4, 0.5) is 0 Å². The SMILES string of the molecule is Cc1cn2c(c(O)c1=O)C(=O)N1[C@H](C)CO[C@H]1C2. The smallest absolute Gasteiger partial charge is 0.276 e. The van der Waals surface area contributed by atoms with Crippen LogP contribution in [0.5, 0.6) is 5.75 Å². The van der Waals surface area contributed by atoms with Crippen LogP contribution in [0.25, 0.3) is 0 Å². The number of carbonyl (C=O) groups excluding carboxylic acids is 1. The maximum absolute atomic E-state index is 12.3. The van der Waals surface area contributed by atoms with Gasteiger partial charge in [-0.15, -0.1) is 0 Å². The summed E-state index contributed by atoms with van der Waals surface area (Å²) in [5.41, 5.74) is 0.00330. The van der Waals surface area contributed by atoms with Crippen LogP contribution in [0, 0.1) is 6.92 Å². The first-order chi connectivity index (χ1) is 8.50. The zero-order valence-electron chi connectivity index (χ0n) is 10.2. The molecule has 1 aromatic heterocycles. The third kappa shape index (κ3) is 1.32. The van der Waals surface area contributed by atoms with Crippen molar-refractivity contribution in [2.75, 3.05) is 6.61 Å². The number of fused-ring (bicyclic) bond motifs is 2. The van der Waals surface area contributed by atoms with E-state index in [0.29, 0.717) is 18.7 Å². The van der Waals surface area contributed by atoms with E-state index in [1.807, 2.05) is 6.92 Å². The summed E-state index contributed by atoms with van der Waals surface area (Å²) >= 11 is 0. The Morgan fingerprint density at radius 1 is 1.44 bits per heavy atom. The maximum atomic E-state index is 12.3. The fraction of sp³-hybridized carbons (Fsp3) is 0.500. The van der Waals surface area contributed by atoms with E-state index in [9.17, 15) is 14.7 Å². The van der Waals surface area contributed by atoms with Crippen molar-refractivity contribution in [2.45, 2.75) is 32.7 Å². The summed E-state index contributed by atoms with van der Waals surface area (Å²) in [5.74, 6) is -0.802. The number of hydrogen-bond donors (Lipinski definition) is 1. The molecule has 0 saturated carbocycles. The normalized spacial score (nSPS) is 26.1. The number of nitrogens with zero attached hydrogens (tertiary/aromatic N) is 2. The van der Waals surface area contributed by atoms with Crippen LogP contribution in [-0.2, 0) is 11.3 Å². The van der Waals surface area contributed by atoms with Crippen molar-refractivity contribution >= 4 is 5.91 Å². The highest BCUT2D eigenvalue weighted by molar-refractivity contribution is 5.96. The molecule has 1 aromatic rings. The molecule has 2 aliphatic heterocycles. The molecular formula is C12H14N2O4. The molecule has 6 heteroatoms. The second-order valence-corrected chi connectivity index (χ2v) is 4.84. The third-order valence-corrected chi connectivity index (χ3v) is 3.54. The first-order valence-electron chi connectivity index (χ1n) is 5.88. The molecule has 1 fully saturated rings. The van der Waals surface area contributed by atoms with Gasteiger partial charge in [0.25, 0.3) is 5.91 Å². The molecule has 0 unspecified atom stereocenters. The number of rotatable bonds is 0. The van der Waals surface area contributed by atoms with Crippen molar-refractivity contribution in [3.8, 4) is 5.75 Å². The van der Waals surface area contributed by atoms with Crippen molar-refractivity contribution in [3.05, 3.63) is 27.7 Å². The molecule has 3 rings (SSSR count). The van der Waals surface area contributed by atoms with E-state index in [-0.39, 0.29) is 23.9 Å². The lowest BCUT2D eigenvalue weighted by molar-refractivity contribution is 0.00631. The molecule has 1 saturated heterocycles. The number of aromatic nitrogens is 1. The molecule has 6 nitrogen and oxygen atoms in total. The molecule has 0 spiro atoms. The number of aryl methyl sites for hydroxylation is 1. The number of ether oxygens (including phenoxy) is 1. The van der Waals surface area contributed by atoms with Crippen molar-refractivity contribution in [2.24, 2.45) is 0 Å². The lowest BCUT2D eigenvalue weighted by atomic mass is 10.1. The van der Waals surface area contributed by atoms with E-state index in [1.165, 1.54) is 0 Å². The van der Waals surface area contributed by atoms with Crippen LogP contribution in [0.2, 0.25) is 0 Å². The van der Waals surface area contributed by atoms with Crippen LogP contribution in [0.15, 0.2) is 11.0 Å². The Hall–Kier alpha value is -1.82. The predicted octanol–water partition coefficient (Wildman–Crippen LogP) is 0.0629. The number of amides is 1. The Morgan fingerprint density at radius 3 is 2.89 bits per heavy atom. The third-order valence-electron chi connectivity index (χ3n) is 3.54. The van der Waals surface area contributed by atoms with E-state index in [2.05, 4.69) is 0 Å². The molecule has 0 bridgehead atoms. The standard InChI is InChI=1S/C12H14N2O4/c1-6-3-13-4-8-14(7(2)5-18-8)12(17)9(13)11(16)10(6)15/h3,7-8,16H,4-5H2,1-2H3/t7-,8+/m1/s1. The molecule has 2 aliphatic rings. The Kier molecular flexibility index (Phi) is 2.25. The lowest BCUT2D eigenvalue weighted by Gasteiger charge is -2.33. The number of pyridine rings is 1. The molecule has 1 N–H and O–H groups in total. The molecular weight excluding hydrogens is 236 g/mol. The summed E-state index contributed by atoms with van der Waals surface area (Å²) in [6, 6.07) is -0.0351. The summed E-state index contributed by atoms with van der Waals surface area (Å²) in [6.07, 6.45) is 1.29. The Labute approximate surface area is 103 Å². The van der Waals surface area contributed by atoms with Crippen LogP contribution < -0.4 is 5.43 Å². The highest BCUT2D eigenvalue weighted by Gasteiger charge is 2.42. The second kappa shape index (κ2) is 3.58. The molecule has 0 aromatic carbocycles. The summed E-state index contributed by atoms with van der Waals surface area (Å²) in [4.78, 5) is 25.6. The van der Waals surface area contributed by atoms with E-state index in [0.717, 1.165) is 0 Å². The van der Waals surface area contributed by atoms with Gasteiger partial charge in [-0.1, -0.05) is 0 Å². The zero-order valence-corrected chi connectivity index (χ0v) is 10.2. The van der Waals surface area contributed by atoms with Crippen LogP contribution in [0.1, 0.15) is 23.0 Å². The molecule has 0 radical (unpaired) electrons. The molecule has 18 heavy (non-hydrogen) atoms. The zero-order chi connectivity index (χ0) is 13.0. The lowest BCUT2D eigenvalue weighted by Crippen LogP contribution is -2.48. The average Bonchev–Trinajstić information content (AvgIpc) is 2.68. The topological polar surface area (TPSA) is 71.8 Å². The van der Waals surface area contributed by atoms with Gasteiger partial charge in [0.2, 0.25) is 5.43 Å². The van der Waals surface area contributed by atoms with Crippen molar-refractivity contribution in [3.63, 3.8) is 0 Å². The molecule has 0 aliphatic carbocycles. The van der Waals surface area contributed by atoms with Gasteiger partial charge in [0.05, 0.1) is 19.2 Å². The summed E-state index contributed by atoms with van der Waals surface area (Å²) in [7, 11) is 0. The fourth-order valence-corrected chi connectivity index (χ4v) is 2.61. The minimum absolute atomic E-state index is 0.0351. The number of aromatic hydroxyl groups is 1. The number of carbonyl (C=O) groups is 1. The van der Waals surface area contributed by atoms with E-state index < -0.39 is 11.2 Å². The van der Waals surface area contributed by atoms with Gasteiger partial charge >= 0.3 is 0 Å². The minimum Gasteiger partial charge on any atom is -0.503 e. The van der Waals surface area contributed by atoms with E-state index in [1.54, 1.807) is 22.6 Å². The summed E-state index contributed by atoms with van der Waals surface area (Å²) in [6.45, 7) is 4.43. The second-order valence-electron chi connectivity index (χ2n) is 4.84. The van der Waals surface area contributed by atoms with Crippen molar-refractivity contribution < 1.29 is 14.6 Å². The van der Waals surface area contributed by atoms with Gasteiger partial charge in [0.15, 0.2) is 17.7 Å². The summed E-state index contributed by atoms with van der Waals surface area (Å²) in [5, 5.41) is 9.88. The Morgan fingerprint density at radius 2 is 2.17 bits per heavy atom. The van der Waals surface area contributed by atoms with Crippen LogP contribution in [-0.4, -0.2) is 39.4 Å². The fourth-order valence-electron chi connectivity index (χ4n) is 2.61. The monoisotopic (exact) mass is 250 g/mol. The highest BCUT2D eigenvalue weighted by Crippen LogP contribution is 2.29. The largest absolute Gasteiger partial charge is 0.503 e. The minimum atomic E-state index is -0.485. The highest BCUT2D eigenvalue weighted by atomic mass is 16.5. The van der Waals surface area contributed by atoms with Crippen LogP contribution >= 0.6 is 0 Å². The quantitative estimate of drug-likeness (QED) is 0.707. The summed E-state index contributed by atoms with van der Waals surface area (Å²) < 4.78 is 7.14.